The van der Waals surface area contributed by atoms with Crippen molar-refractivity contribution in [2.24, 2.45) is 5.92 Å². The molecular weight excluding hydrogens is 604 g/mol. The van der Waals surface area contributed by atoms with Crippen molar-refractivity contribution in [1.29, 1.82) is 0 Å². The number of epoxide rings is 1. The van der Waals surface area contributed by atoms with E-state index in [4.69, 9.17) is 23.4 Å². The number of carbonyl (C=O) groups excluding carboxylic acids is 1. The van der Waals surface area contributed by atoms with E-state index >= 15 is 0 Å². The number of aliphatic hydroxyl groups is 1. The van der Waals surface area contributed by atoms with Gasteiger partial charge in [0.15, 0.2) is 8.32 Å². The third-order valence-electron chi connectivity index (χ3n) is 9.75. The van der Waals surface area contributed by atoms with Crippen molar-refractivity contribution in [2.45, 2.75) is 153 Å². The summed E-state index contributed by atoms with van der Waals surface area (Å²) in [6.07, 6.45) is 13.7. The molecule has 0 radical (unpaired) electrons. The summed E-state index contributed by atoms with van der Waals surface area (Å²) in [5.41, 5.74) is 2.02. The van der Waals surface area contributed by atoms with Crippen molar-refractivity contribution in [1.82, 2.24) is 0 Å². The van der Waals surface area contributed by atoms with Gasteiger partial charge in [0.1, 0.15) is 18.3 Å². The molecule has 0 aromatic heterocycles. The van der Waals surface area contributed by atoms with Crippen LogP contribution in [0.15, 0.2) is 60.3 Å². The zero-order chi connectivity index (χ0) is 33.6. The van der Waals surface area contributed by atoms with Crippen LogP contribution in [0.25, 0.3) is 0 Å². The maximum atomic E-state index is 13.3. The molecule has 0 spiro atoms. The van der Waals surface area contributed by atoms with Crippen LogP contribution in [-0.2, 0) is 33.1 Å². The number of esters is 1. The van der Waals surface area contributed by atoms with Gasteiger partial charge in [0.05, 0.1) is 30.5 Å². The summed E-state index contributed by atoms with van der Waals surface area (Å²) in [6, 6.07) is 0. The van der Waals surface area contributed by atoms with Crippen molar-refractivity contribution < 1.29 is 43.4 Å². The topological polar surface area (TPSA) is 116 Å². The molecule has 0 saturated carbocycles. The molecule has 0 aromatic rings. The SMILES string of the molecule is C=C1C[C@H](C)C[C@@H]2CC=C[C@@H](CC=CC(=O)O[C@H]([C@H](C=C[C@@H]3CC(C)=CC(OO)O3)O[Si](C)(C)C(C)(C)C)C[C@@H]3O[C@H]3[C@@H](O)C1)O2. The molecule has 1 unspecified atom stereocenters. The first-order chi connectivity index (χ1) is 21.6. The van der Waals surface area contributed by atoms with E-state index in [9.17, 15) is 15.2 Å². The van der Waals surface area contributed by atoms with E-state index in [1.807, 2.05) is 25.2 Å². The van der Waals surface area contributed by atoms with E-state index in [1.54, 1.807) is 6.08 Å². The number of fused-ring (bicyclic) bond motifs is 3. The number of hydrogen-bond acceptors (Lipinski definition) is 9. The Labute approximate surface area is 276 Å². The second-order valence-corrected chi connectivity index (χ2v) is 19.9. The summed E-state index contributed by atoms with van der Waals surface area (Å²) in [5, 5.41) is 20.2. The Hall–Kier alpha value is -1.89. The van der Waals surface area contributed by atoms with E-state index in [2.05, 4.69) is 64.4 Å². The van der Waals surface area contributed by atoms with Crippen molar-refractivity contribution in [3.8, 4) is 0 Å². The fourth-order valence-electron chi connectivity index (χ4n) is 6.22. The van der Waals surface area contributed by atoms with Gasteiger partial charge < -0.3 is 28.5 Å². The van der Waals surface area contributed by atoms with Crippen LogP contribution < -0.4 is 0 Å². The van der Waals surface area contributed by atoms with Crippen LogP contribution in [0.5, 0.6) is 0 Å². The van der Waals surface area contributed by atoms with Crippen molar-refractivity contribution >= 4 is 14.3 Å². The van der Waals surface area contributed by atoms with E-state index in [0.29, 0.717) is 31.6 Å². The van der Waals surface area contributed by atoms with Crippen LogP contribution in [0.1, 0.15) is 79.6 Å². The monoisotopic (exact) mass is 660 g/mol. The van der Waals surface area contributed by atoms with Crippen LogP contribution in [-0.4, -0.2) is 79.8 Å². The molecule has 1 fully saturated rings. The molecule has 46 heavy (non-hydrogen) atoms. The second-order valence-electron chi connectivity index (χ2n) is 15.1. The molecule has 2 bridgehead atoms. The zero-order valence-corrected chi connectivity index (χ0v) is 29.7. The summed E-state index contributed by atoms with van der Waals surface area (Å²) in [5.74, 6) is -0.103. The highest BCUT2D eigenvalue weighted by Crippen LogP contribution is 2.40. The Morgan fingerprint density at radius 1 is 1.09 bits per heavy atom. The maximum Gasteiger partial charge on any atom is 0.330 e. The summed E-state index contributed by atoms with van der Waals surface area (Å²) in [4.78, 5) is 17.8. The third kappa shape index (κ3) is 10.8. The highest BCUT2D eigenvalue weighted by Gasteiger charge is 2.48. The average molecular weight is 661 g/mol. The quantitative estimate of drug-likeness (QED) is 0.0780. The first-order valence-electron chi connectivity index (χ1n) is 16.8. The molecule has 4 aliphatic heterocycles. The van der Waals surface area contributed by atoms with Gasteiger partial charge in [-0.25, -0.2) is 14.9 Å². The molecule has 258 valence electrons. The summed E-state index contributed by atoms with van der Waals surface area (Å²) >= 11 is 0. The predicted octanol–water partition coefficient (Wildman–Crippen LogP) is 6.95. The smallest absolute Gasteiger partial charge is 0.330 e. The Morgan fingerprint density at radius 3 is 2.57 bits per heavy atom. The average Bonchev–Trinajstić information content (AvgIpc) is 3.73. The molecule has 9 nitrogen and oxygen atoms in total. The fraction of sp³-hybridized carbons (Fsp3) is 0.694. The van der Waals surface area contributed by atoms with Gasteiger partial charge in [-0.05, 0) is 75.6 Å². The molecule has 0 amide bonds. The lowest BCUT2D eigenvalue weighted by atomic mass is 9.91. The predicted molar refractivity (Wildman–Crippen MR) is 179 cm³/mol. The van der Waals surface area contributed by atoms with Gasteiger partial charge in [-0.3, -0.25) is 0 Å². The first-order valence-corrected chi connectivity index (χ1v) is 19.7. The van der Waals surface area contributed by atoms with Crippen LogP contribution in [0.2, 0.25) is 18.1 Å². The Balaban J connectivity index is 1.60. The number of cyclic esters (lactones) is 1. The van der Waals surface area contributed by atoms with Gasteiger partial charge in [0, 0.05) is 12.5 Å². The number of aliphatic hydroxyl groups excluding tert-OH is 1. The van der Waals surface area contributed by atoms with Crippen LogP contribution >= 0.6 is 0 Å². The molecule has 10 atom stereocenters. The summed E-state index contributed by atoms with van der Waals surface area (Å²) in [6.45, 7) is 19.2. The van der Waals surface area contributed by atoms with Gasteiger partial charge in [-0.1, -0.05) is 75.8 Å². The maximum absolute atomic E-state index is 13.3. The molecule has 4 aliphatic rings. The molecule has 0 aromatic carbocycles. The Kier molecular flexibility index (Phi) is 12.8. The third-order valence-corrected chi connectivity index (χ3v) is 14.2. The van der Waals surface area contributed by atoms with Crippen LogP contribution in [0.4, 0.5) is 0 Å². The number of ether oxygens (including phenoxy) is 4. The lowest BCUT2D eigenvalue weighted by Gasteiger charge is -2.40. The molecule has 4 heterocycles. The van der Waals surface area contributed by atoms with Gasteiger partial charge in [0.2, 0.25) is 6.29 Å². The van der Waals surface area contributed by atoms with Gasteiger partial charge in [-0.2, -0.15) is 0 Å². The summed E-state index contributed by atoms with van der Waals surface area (Å²) in [7, 11) is -2.36. The summed E-state index contributed by atoms with van der Waals surface area (Å²) < 4.78 is 31.2. The fourth-order valence-corrected chi connectivity index (χ4v) is 7.49. The van der Waals surface area contributed by atoms with Gasteiger partial charge >= 0.3 is 5.97 Å². The van der Waals surface area contributed by atoms with E-state index < -0.39 is 38.9 Å². The lowest BCUT2D eigenvalue weighted by Crippen LogP contribution is -2.47. The minimum Gasteiger partial charge on any atom is -0.456 e. The zero-order valence-electron chi connectivity index (χ0n) is 28.7. The Morgan fingerprint density at radius 2 is 1.85 bits per heavy atom. The van der Waals surface area contributed by atoms with Crippen LogP contribution in [0.3, 0.4) is 0 Å². The molecule has 10 heteroatoms. The first kappa shape index (κ1) is 36.9. The molecular formula is C36H56O9Si. The number of rotatable bonds is 6. The van der Waals surface area contributed by atoms with Crippen molar-refractivity contribution in [3.05, 3.63) is 60.3 Å². The van der Waals surface area contributed by atoms with Gasteiger partial charge in [0.25, 0.3) is 0 Å². The van der Waals surface area contributed by atoms with E-state index in [1.165, 1.54) is 6.08 Å². The molecule has 4 rings (SSSR count). The normalized spacial score (nSPS) is 35.9. The number of hydrogen-bond donors (Lipinski definition) is 2. The largest absolute Gasteiger partial charge is 0.456 e. The standard InChI is InChI=1S/C36H56O9Si/c1-23-17-24(2)20-29(37)35-32(43-35)22-31(42-33(38)14-10-12-26-11-9-13-27(18-23)40-26)30(45-46(7,8)36(4,5)6)16-15-28-19-25(3)21-34(41-28)44-39/h9-11,14-16,21,23,26-32,34-35,37,39H,2,12-13,17-20,22H2,1,3-8H3/t23-,26-,27-,28+,29-,30-,31-,32-,34?,35-/m0/s1. The lowest BCUT2D eigenvalue weighted by molar-refractivity contribution is -0.336. The second kappa shape index (κ2) is 16.0. The molecule has 1 saturated heterocycles. The van der Waals surface area contributed by atoms with E-state index in [0.717, 1.165) is 30.4 Å². The molecule has 2 N–H and O–H groups in total. The van der Waals surface area contributed by atoms with Crippen molar-refractivity contribution in [2.75, 3.05) is 0 Å². The number of carbonyl (C=O) groups is 1. The minimum absolute atomic E-state index is 0.104. The van der Waals surface area contributed by atoms with Crippen molar-refractivity contribution in [3.63, 3.8) is 0 Å². The highest BCUT2D eigenvalue weighted by atomic mass is 28.4. The minimum atomic E-state index is -2.36. The van der Waals surface area contributed by atoms with Gasteiger partial charge in [-0.15, -0.1) is 0 Å². The molecule has 0 aliphatic carbocycles. The van der Waals surface area contributed by atoms with E-state index in [-0.39, 0.29) is 35.6 Å². The van der Waals surface area contributed by atoms with Crippen LogP contribution in [0, 0.1) is 5.92 Å². The Bertz CT molecular complexity index is 1170. The highest BCUT2D eigenvalue weighted by molar-refractivity contribution is 6.74.